The standard InChI is InChI=1S/C11H20N2O4/c1-3-7-12-9(14)5-4-6-10(15)13(2)8-11(16)17/h3-8H2,1-2H3,(H,12,14)(H,16,17). The minimum Gasteiger partial charge on any atom is -0.480 e. The van der Waals surface area contributed by atoms with E-state index >= 15 is 0 Å². The Morgan fingerprint density at radius 3 is 2.41 bits per heavy atom. The number of carbonyl (C=O) groups excluding carboxylic acids is 2. The van der Waals surface area contributed by atoms with Crippen LogP contribution in [0.1, 0.15) is 32.6 Å². The van der Waals surface area contributed by atoms with Crippen LogP contribution in [-0.4, -0.2) is 47.9 Å². The van der Waals surface area contributed by atoms with Gasteiger partial charge in [-0.05, 0) is 12.8 Å². The number of amides is 2. The van der Waals surface area contributed by atoms with E-state index in [-0.39, 0.29) is 24.8 Å². The number of nitrogens with one attached hydrogen (secondary N) is 1. The molecule has 0 spiro atoms. The molecule has 0 aromatic heterocycles. The van der Waals surface area contributed by atoms with Gasteiger partial charge in [-0.3, -0.25) is 14.4 Å². The van der Waals surface area contributed by atoms with E-state index in [0.717, 1.165) is 11.3 Å². The summed E-state index contributed by atoms with van der Waals surface area (Å²) in [7, 11) is 1.44. The first kappa shape index (κ1) is 15.4. The lowest BCUT2D eigenvalue weighted by Crippen LogP contribution is -2.32. The molecule has 0 saturated carbocycles. The van der Waals surface area contributed by atoms with Gasteiger partial charge < -0.3 is 15.3 Å². The number of carboxylic acids is 1. The summed E-state index contributed by atoms with van der Waals surface area (Å²) >= 11 is 0. The fourth-order valence-electron chi connectivity index (χ4n) is 1.23. The van der Waals surface area contributed by atoms with Gasteiger partial charge in [0, 0.05) is 26.4 Å². The summed E-state index contributed by atoms with van der Waals surface area (Å²) in [6.45, 7) is 2.30. The van der Waals surface area contributed by atoms with Gasteiger partial charge in [0.25, 0.3) is 0 Å². The molecule has 0 radical (unpaired) electrons. The highest BCUT2D eigenvalue weighted by Gasteiger charge is 2.12. The molecule has 0 aliphatic carbocycles. The molecule has 17 heavy (non-hydrogen) atoms. The molecular formula is C11H20N2O4. The van der Waals surface area contributed by atoms with Crippen LogP contribution in [-0.2, 0) is 14.4 Å². The van der Waals surface area contributed by atoms with Crippen molar-refractivity contribution >= 4 is 17.8 Å². The maximum Gasteiger partial charge on any atom is 0.323 e. The highest BCUT2D eigenvalue weighted by Crippen LogP contribution is 1.99. The van der Waals surface area contributed by atoms with Crippen molar-refractivity contribution in [3.8, 4) is 0 Å². The number of hydrogen-bond donors (Lipinski definition) is 2. The van der Waals surface area contributed by atoms with Crippen molar-refractivity contribution < 1.29 is 19.5 Å². The Balaban J connectivity index is 3.70. The van der Waals surface area contributed by atoms with Crippen molar-refractivity contribution in [1.29, 1.82) is 0 Å². The molecule has 0 bridgehead atoms. The molecule has 6 nitrogen and oxygen atoms in total. The van der Waals surface area contributed by atoms with Gasteiger partial charge in [-0.25, -0.2) is 0 Å². The van der Waals surface area contributed by atoms with Crippen LogP contribution in [0.25, 0.3) is 0 Å². The zero-order valence-electron chi connectivity index (χ0n) is 10.4. The van der Waals surface area contributed by atoms with Crippen molar-refractivity contribution in [1.82, 2.24) is 10.2 Å². The first-order valence-corrected chi connectivity index (χ1v) is 5.69. The minimum absolute atomic E-state index is 0.0689. The number of aliphatic carboxylic acids is 1. The molecule has 0 atom stereocenters. The second-order valence-corrected chi connectivity index (χ2v) is 3.85. The molecule has 0 aliphatic heterocycles. The first-order valence-electron chi connectivity index (χ1n) is 5.69. The third-order valence-corrected chi connectivity index (χ3v) is 2.16. The van der Waals surface area contributed by atoms with Crippen LogP contribution in [0.5, 0.6) is 0 Å². The predicted octanol–water partition coefficient (Wildman–Crippen LogP) is 0.226. The highest BCUT2D eigenvalue weighted by molar-refractivity contribution is 5.81. The average Bonchev–Trinajstić information content (AvgIpc) is 2.25. The van der Waals surface area contributed by atoms with E-state index in [1.54, 1.807) is 0 Å². The second kappa shape index (κ2) is 8.55. The third kappa shape index (κ3) is 8.24. The van der Waals surface area contributed by atoms with Gasteiger partial charge in [0.2, 0.25) is 11.8 Å². The summed E-state index contributed by atoms with van der Waals surface area (Å²) in [6, 6.07) is 0. The summed E-state index contributed by atoms with van der Waals surface area (Å²) in [5.41, 5.74) is 0. The van der Waals surface area contributed by atoms with Crippen molar-refractivity contribution in [3.05, 3.63) is 0 Å². The number of rotatable bonds is 8. The second-order valence-electron chi connectivity index (χ2n) is 3.85. The Kier molecular flexibility index (Phi) is 7.75. The zero-order chi connectivity index (χ0) is 13.3. The fraction of sp³-hybridized carbons (Fsp3) is 0.727. The molecule has 0 rings (SSSR count). The molecule has 0 aliphatic rings. The van der Waals surface area contributed by atoms with E-state index in [9.17, 15) is 14.4 Å². The molecule has 6 heteroatoms. The Bertz CT molecular complexity index is 279. The molecule has 0 unspecified atom stereocenters. The van der Waals surface area contributed by atoms with Gasteiger partial charge in [-0.1, -0.05) is 6.92 Å². The molecule has 2 N–H and O–H groups in total. The largest absolute Gasteiger partial charge is 0.480 e. The van der Waals surface area contributed by atoms with Crippen molar-refractivity contribution in [2.24, 2.45) is 0 Å². The van der Waals surface area contributed by atoms with Crippen molar-refractivity contribution in [2.45, 2.75) is 32.6 Å². The molecule has 2 amide bonds. The smallest absolute Gasteiger partial charge is 0.323 e. The van der Waals surface area contributed by atoms with Gasteiger partial charge in [-0.15, -0.1) is 0 Å². The Labute approximate surface area is 101 Å². The summed E-state index contributed by atoms with van der Waals surface area (Å²) < 4.78 is 0. The summed E-state index contributed by atoms with van der Waals surface area (Å²) in [5, 5.41) is 11.2. The van der Waals surface area contributed by atoms with Gasteiger partial charge in [0.1, 0.15) is 6.54 Å². The van der Waals surface area contributed by atoms with E-state index in [2.05, 4.69) is 5.32 Å². The monoisotopic (exact) mass is 244 g/mol. The van der Waals surface area contributed by atoms with Gasteiger partial charge in [0.15, 0.2) is 0 Å². The number of carbonyl (C=O) groups is 3. The van der Waals surface area contributed by atoms with E-state index in [0.29, 0.717) is 19.4 Å². The molecule has 0 fully saturated rings. The first-order chi connectivity index (χ1) is 7.97. The molecular weight excluding hydrogens is 224 g/mol. The van der Waals surface area contributed by atoms with Crippen molar-refractivity contribution in [3.63, 3.8) is 0 Å². The van der Waals surface area contributed by atoms with E-state index in [1.165, 1.54) is 7.05 Å². The van der Waals surface area contributed by atoms with Crippen LogP contribution in [0, 0.1) is 0 Å². The number of likely N-dealkylation sites (N-methyl/N-ethyl adjacent to an activating group) is 1. The Morgan fingerprint density at radius 1 is 1.24 bits per heavy atom. The molecule has 98 valence electrons. The molecule has 0 saturated heterocycles. The van der Waals surface area contributed by atoms with Gasteiger partial charge in [0.05, 0.1) is 0 Å². The van der Waals surface area contributed by atoms with Crippen LogP contribution in [0.15, 0.2) is 0 Å². The summed E-state index contributed by atoms with van der Waals surface area (Å²) in [5.74, 6) is -1.36. The molecule has 0 heterocycles. The van der Waals surface area contributed by atoms with Gasteiger partial charge >= 0.3 is 5.97 Å². The number of hydrogen-bond acceptors (Lipinski definition) is 3. The maximum atomic E-state index is 11.4. The number of nitrogens with zero attached hydrogens (tertiary/aromatic N) is 1. The van der Waals surface area contributed by atoms with Gasteiger partial charge in [-0.2, -0.15) is 0 Å². The topological polar surface area (TPSA) is 86.7 Å². The fourth-order valence-corrected chi connectivity index (χ4v) is 1.23. The quantitative estimate of drug-likeness (QED) is 0.639. The zero-order valence-corrected chi connectivity index (χ0v) is 10.4. The van der Waals surface area contributed by atoms with Crippen LogP contribution in [0.4, 0.5) is 0 Å². The van der Waals surface area contributed by atoms with Crippen LogP contribution in [0.2, 0.25) is 0 Å². The van der Waals surface area contributed by atoms with Crippen LogP contribution < -0.4 is 5.32 Å². The number of carboxylic acid groups (broad SMARTS) is 1. The van der Waals surface area contributed by atoms with E-state index < -0.39 is 5.97 Å². The lowest BCUT2D eigenvalue weighted by atomic mass is 10.2. The van der Waals surface area contributed by atoms with Crippen LogP contribution in [0.3, 0.4) is 0 Å². The normalized spacial score (nSPS) is 9.76. The molecule has 0 aromatic rings. The third-order valence-electron chi connectivity index (χ3n) is 2.16. The van der Waals surface area contributed by atoms with Crippen LogP contribution >= 0.6 is 0 Å². The maximum absolute atomic E-state index is 11.4. The van der Waals surface area contributed by atoms with E-state index in [4.69, 9.17) is 5.11 Å². The predicted molar refractivity (Wildman–Crippen MR) is 62.4 cm³/mol. The summed E-state index contributed by atoms with van der Waals surface area (Å²) in [4.78, 5) is 34.1. The average molecular weight is 244 g/mol. The Hall–Kier alpha value is -1.59. The SMILES string of the molecule is CCCNC(=O)CCCC(=O)N(C)CC(=O)O. The summed E-state index contributed by atoms with van der Waals surface area (Å²) in [6.07, 6.45) is 1.82. The highest BCUT2D eigenvalue weighted by atomic mass is 16.4. The molecule has 0 aromatic carbocycles. The van der Waals surface area contributed by atoms with E-state index in [1.807, 2.05) is 6.92 Å². The Morgan fingerprint density at radius 2 is 1.88 bits per heavy atom. The minimum atomic E-state index is -1.04. The van der Waals surface area contributed by atoms with Crippen molar-refractivity contribution in [2.75, 3.05) is 20.1 Å². The lowest BCUT2D eigenvalue weighted by Gasteiger charge is -2.14. The lowest BCUT2D eigenvalue weighted by molar-refractivity contribution is -0.143.